The first-order valence-corrected chi connectivity index (χ1v) is 6.32. The summed E-state index contributed by atoms with van der Waals surface area (Å²) in [5.74, 6) is -0.180. The molecule has 1 rings (SSSR count). The molecule has 1 amide bonds. The van der Waals surface area contributed by atoms with E-state index in [2.05, 4.69) is 10.3 Å². The molecule has 20 heavy (non-hydrogen) atoms. The molecule has 110 valence electrons. The molecule has 0 aliphatic heterocycles. The van der Waals surface area contributed by atoms with Crippen LogP contribution in [0.15, 0.2) is 18.3 Å². The first-order valence-electron chi connectivity index (χ1n) is 6.32. The molecule has 0 bridgehead atoms. The minimum Gasteiger partial charge on any atom is -0.481 e. The number of amides is 1. The van der Waals surface area contributed by atoms with Crippen molar-refractivity contribution in [2.75, 3.05) is 12.4 Å². The molecule has 0 aromatic carbocycles. The minimum absolute atomic E-state index is 0.0483. The number of pyridine rings is 1. The molecule has 0 spiro atoms. The molecule has 6 nitrogen and oxygen atoms in total. The fourth-order valence-electron chi connectivity index (χ4n) is 1.41. The van der Waals surface area contributed by atoms with Crippen LogP contribution in [-0.2, 0) is 14.3 Å². The van der Waals surface area contributed by atoms with Crippen LogP contribution in [0.5, 0.6) is 5.88 Å². The van der Waals surface area contributed by atoms with Crippen molar-refractivity contribution in [1.82, 2.24) is 4.98 Å². The summed E-state index contributed by atoms with van der Waals surface area (Å²) in [5.41, 5.74) is 0.0213. The van der Waals surface area contributed by atoms with Gasteiger partial charge in [0.25, 0.3) is 0 Å². The quantitative estimate of drug-likeness (QED) is 0.836. The second kappa shape index (κ2) is 6.88. The fraction of sp³-hybridized carbons (Fsp3) is 0.500. The van der Waals surface area contributed by atoms with Gasteiger partial charge in [0.1, 0.15) is 5.60 Å². The molecule has 0 radical (unpaired) electrons. The summed E-state index contributed by atoms with van der Waals surface area (Å²) in [6.45, 7) is 5.36. The van der Waals surface area contributed by atoms with Crippen molar-refractivity contribution in [2.45, 2.75) is 39.2 Å². The van der Waals surface area contributed by atoms with Crippen LogP contribution in [0.1, 0.15) is 33.6 Å². The van der Waals surface area contributed by atoms with Gasteiger partial charge in [0.15, 0.2) is 0 Å². The highest BCUT2D eigenvalue weighted by Crippen LogP contribution is 2.12. The molecule has 6 heteroatoms. The van der Waals surface area contributed by atoms with Crippen LogP contribution < -0.4 is 10.1 Å². The number of hydrogen-bond donors (Lipinski definition) is 1. The van der Waals surface area contributed by atoms with Crippen LogP contribution in [-0.4, -0.2) is 29.6 Å². The van der Waals surface area contributed by atoms with Crippen molar-refractivity contribution in [2.24, 2.45) is 0 Å². The Kier molecular flexibility index (Phi) is 5.49. The van der Waals surface area contributed by atoms with E-state index in [1.54, 1.807) is 32.9 Å². The average Bonchev–Trinajstić information content (AvgIpc) is 2.35. The Labute approximate surface area is 118 Å². The number of nitrogens with one attached hydrogen (secondary N) is 1. The zero-order valence-corrected chi connectivity index (χ0v) is 12.2. The Bertz CT molecular complexity index is 463. The van der Waals surface area contributed by atoms with Gasteiger partial charge in [0.05, 0.1) is 25.4 Å². The van der Waals surface area contributed by atoms with Crippen LogP contribution in [0.4, 0.5) is 5.69 Å². The van der Waals surface area contributed by atoms with Crippen LogP contribution >= 0.6 is 0 Å². The summed E-state index contributed by atoms with van der Waals surface area (Å²) < 4.78 is 10.0. The molecule has 1 aromatic heterocycles. The number of rotatable bonds is 5. The van der Waals surface area contributed by atoms with E-state index in [0.29, 0.717) is 11.6 Å². The fourth-order valence-corrected chi connectivity index (χ4v) is 1.41. The van der Waals surface area contributed by atoms with Gasteiger partial charge in [-0.3, -0.25) is 9.59 Å². The van der Waals surface area contributed by atoms with Gasteiger partial charge in [0.2, 0.25) is 11.8 Å². The normalized spacial score (nSPS) is 10.8. The summed E-state index contributed by atoms with van der Waals surface area (Å²) in [4.78, 5) is 27.1. The molecule has 0 aliphatic rings. The smallest absolute Gasteiger partial charge is 0.306 e. The number of aromatic nitrogens is 1. The van der Waals surface area contributed by atoms with E-state index in [1.807, 2.05) is 0 Å². The summed E-state index contributed by atoms with van der Waals surface area (Å²) in [6, 6.07) is 3.32. The lowest BCUT2D eigenvalue weighted by molar-refractivity contribution is -0.155. The van der Waals surface area contributed by atoms with Crippen LogP contribution in [0.3, 0.4) is 0 Å². The number of methoxy groups -OCH3 is 1. The Morgan fingerprint density at radius 2 is 1.95 bits per heavy atom. The number of esters is 1. The van der Waals surface area contributed by atoms with Crippen molar-refractivity contribution in [3.8, 4) is 5.88 Å². The number of carbonyl (C=O) groups is 2. The number of anilines is 1. The van der Waals surface area contributed by atoms with Gasteiger partial charge in [0, 0.05) is 12.5 Å². The van der Waals surface area contributed by atoms with Gasteiger partial charge in [-0.15, -0.1) is 0 Å². The largest absolute Gasteiger partial charge is 0.481 e. The lowest BCUT2D eigenvalue weighted by atomic mass is 10.2. The van der Waals surface area contributed by atoms with Crippen LogP contribution in [0.2, 0.25) is 0 Å². The first-order chi connectivity index (χ1) is 9.30. The van der Waals surface area contributed by atoms with Crippen molar-refractivity contribution in [3.63, 3.8) is 0 Å². The van der Waals surface area contributed by atoms with Crippen molar-refractivity contribution in [3.05, 3.63) is 18.3 Å². The molecule has 1 heterocycles. The molecule has 0 saturated heterocycles. The predicted octanol–water partition coefficient (Wildman–Crippen LogP) is 2.15. The molecule has 0 fully saturated rings. The molecular formula is C14H20N2O4. The number of carbonyl (C=O) groups excluding carboxylic acids is 2. The number of hydrogen-bond acceptors (Lipinski definition) is 5. The third-order valence-corrected chi connectivity index (χ3v) is 2.21. The van der Waals surface area contributed by atoms with E-state index >= 15 is 0 Å². The Morgan fingerprint density at radius 1 is 1.25 bits per heavy atom. The lowest BCUT2D eigenvalue weighted by Crippen LogP contribution is -2.24. The Balaban J connectivity index is 2.38. The molecule has 1 aromatic rings. The molecule has 0 saturated carbocycles. The van der Waals surface area contributed by atoms with Gasteiger partial charge in [-0.05, 0) is 26.8 Å². The summed E-state index contributed by atoms with van der Waals surface area (Å²) in [5, 5.41) is 2.65. The Morgan fingerprint density at radius 3 is 2.45 bits per heavy atom. The van der Waals surface area contributed by atoms with Gasteiger partial charge < -0.3 is 14.8 Å². The topological polar surface area (TPSA) is 77.5 Å². The van der Waals surface area contributed by atoms with Crippen molar-refractivity contribution >= 4 is 17.6 Å². The highest BCUT2D eigenvalue weighted by Gasteiger charge is 2.17. The highest BCUT2D eigenvalue weighted by atomic mass is 16.6. The average molecular weight is 280 g/mol. The maximum atomic E-state index is 11.7. The van der Waals surface area contributed by atoms with Gasteiger partial charge in [-0.1, -0.05) is 0 Å². The molecule has 0 atom stereocenters. The van der Waals surface area contributed by atoms with E-state index in [4.69, 9.17) is 9.47 Å². The van der Waals surface area contributed by atoms with Crippen LogP contribution in [0.25, 0.3) is 0 Å². The molecule has 1 N–H and O–H groups in total. The molecule has 0 aliphatic carbocycles. The first kappa shape index (κ1) is 15.9. The standard InChI is InChI=1S/C14H20N2O4/c1-14(2,3)20-13(18)8-6-11(17)16-10-5-7-12(19-4)15-9-10/h5,7,9H,6,8H2,1-4H3,(H,16,17). The zero-order chi connectivity index (χ0) is 15.2. The van der Waals surface area contributed by atoms with Gasteiger partial charge in [-0.25, -0.2) is 4.98 Å². The van der Waals surface area contributed by atoms with E-state index in [-0.39, 0.29) is 24.7 Å². The summed E-state index contributed by atoms with van der Waals surface area (Å²) in [7, 11) is 1.52. The lowest BCUT2D eigenvalue weighted by Gasteiger charge is -2.19. The predicted molar refractivity (Wildman–Crippen MR) is 74.5 cm³/mol. The van der Waals surface area contributed by atoms with Crippen LogP contribution in [0, 0.1) is 0 Å². The van der Waals surface area contributed by atoms with E-state index in [9.17, 15) is 9.59 Å². The van der Waals surface area contributed by atoms with Crippen molar-refractivity contribution in [1.29, 1.82) is 0 Å². The summed E-state index contributed by atoms with van der Waals surface area (Å²) >= 11 is 0. The van der Waals surface area contributed by atoms with E-state index in [1.165, 1.54) is 13.3 Å². The third kappa shape index (κ3) is 6.17. The second-order valence-corrected chi connectivity index (χ2v) is 5.22. The van der Waals surface area contributed by atoms with Gasteiger partial charge in [-0.2, -0.15) is 0 Å². The zero-order valence-electron chi connectivity index (χ0n) is 12.2. The Hall–Kier alpha value is -2.11. The highest BCUT2D eigenvalue weighted by molar-refractivity contribution is 5.92. The van der Waals surface area contributed by atoms with Crippen molar-refractivity contribution < 1.29 is 19.1 Å². The molecule has 0 unspecified atom stereocenters. The number of ether oxygens (including phenoxy) is 2. The third-order valence-electron chi connectivity index (χ3n) is 2.21. The van der Waals surface area contributed by atoms with Gasteiger partial charge >= 0.3 is 5.97 Å². The maximum Gasteiger partial charge on any atom is 0.306 e. The van der Waals surface area contributed by atoms with E-state index < -0.39 is 5.60 Å². The maximum absolute atomic E-state index is 11.7. The number of nitrogens with zero attached hydrogens (tertiary/aromatic N) is 1. The SMILES string of the molecule is COc1ccc(NC(=O)CCC(=O)OC(C)(C)C)cn1. The monoisotopic (exact) mass is 280 g/mol. The molecular weight excluding hydrogens is 260 g/mol. The van der Waals surface area contributed by atoms with E-state index in [0.717, 1.165) is 0 Å². The summed E-state index contributed by atoms with van der Waals surface area (Å²) in [6.07, 6.45) is 1.61. The second-order valence-electron chi connectivity index (χ2n) is 5.22. The minimum atomic E-state index is -0.534.